The molecule has 1 fully saturated rings. The van der Waals surface area contributed by atoms with Gasteiger partial charge in [-0.1, -0.05) is 13.8 Å². The van der Waals surface area contributed by atoms with Gasteiger partial charge in [-0.15, -0.1) is 0 Å². The van der Waals surface area contributed by atoms with E-state index < -0.39 is 0 Å². The van der Waals surface area contributed by atoms with Gasteiger partial charge in [0.1, 0.15) is 0 Å². The Bertz CT molecular complexity index is 59.1. The second-order valence-corrected chi connectivity index (χ2v) is 2.20. The number of rotatable bonds is 2. The van der Waals surface area contributed by atoms with Gasteiger partial charge in [-0.05, 0) is 5.92 Å². The van der Waals surface area contributed by atoms with Gasteiger partial charge in [0.25, 0.3) is 0 Å². The summed E-state index contributed by atoms with van der Waals surface area (Å²) in [5.74, 6) is 0.707. The Labute approximate surface area is 44.0 Å². The highest BCUT2D eigenvalue weighted by molar-refractivity contribution is 4.61. The van der Waals surface area contributed by atoms with Gasteiger partial charge >= 0.3 is 0 Å². The van der Waals surface area contributed by atoms with Gasteiger partial charge in [0.2, 0.25) is 0 Å². The van der Waals surface area contributed by atoms with E-state index in [-0.39, 0.29) is 0 Å². The monoisotopic (exact) mass is 100 g/mol. The Kier molecular flexibility index (Phi) is 1.30. The molecule has 0 spiro atoms. The Morgan fingerprint density at radius 2 is 2.29 bits per heavy atom. The fraction of sp³-hybridized carbons (Fsp3) is 0.800. The molecule has 0 aromatic heterocycles. The lowest BCUT2D eigenvalue weighted by Gasteiger charge is -1.97. The Hall–Kier alpha value is -0.0800. The van der Waals surface area contributed by atoms with Crippen LogP contribution in [0.15, 0.2) is 0 Å². The first kappa shape index (κ1) is 5.06. The fourth-order valence-electron chi connectivity index (χ4n) is 0.479. The average molecular weight is 100 g/mol. The maximum Gasteiger partial charge on any atom is 0.197 e. The number of hydrogen-bond acceptors (Lipinski definition) is 2. The second kappa shape index (κ2) is 1.80. The molecule has 1 aliphatic heterocycles. The van der Waals surface area contributed by atoms with E-state index in [1.165, 1.54) is 0 Å². The third-order valence-corrected chi connectivity index (χ3v) is 0.800. The lowest BCUT2D eigenvalue weighted by Crippen LogP contribution is -2.04. The molecule has 1 heterocycles. The Balaban J connectivity index is 1.97. The zero-order valence-electron chi connectivity index (χ0n) is 4.72. The predicted octanol–water partition coefficient (Wildman–Crippen LogP) is 1.01. The van der Waals surface area contributed by atoms with Crippen molar-refractivity contribution in [1.29, 1.82) is 0 Å². The number of hydroxylamine groups is 2. The molecule has 2 heteroatoms. The van der Waals surface area contributed by atoms with Crippen molar-refractivity contribution in [2.24, 2.45) is 5.92 Å². The minimum atomic E-state index is 0.707. The van der Waals surface area contributed by atoms with Crippen LogP contribution >= 0.6 is 0 Å². The summed E-state index contributed by atoms with van der Waals surface area (Å²) in [4.78, 5) is 4.73. The van der Waals surface area contributed by atoms with Crippen molar-refractivity contribution >= 4 is 0 Å². The van der Waals surface area contributed by atoms with Crippen molar-refractivity contribution in [3.63, 3.8) is 0 Å². The van der Waals surface area contributed by atoms with Crippen molar-refractivity contribution in [3.05, 3.63) is 6.73 Å². The molecule has 0 aliphatic carbocycles. The van der Waals surface area contributed by atoms with Crippen LogP contribution in [0.4, 0.5) is 0 Å². The molecule has 7 heavy (non-hydrogen) atoms. The van der Waals surface area contributed by atoms with Crippen LogP contribution in [0.2, 0.25) is 0 Å². The maximum absolute atomic E-state index is 4.73. The predicted molar refractivity (Wildman–Crippen MR) is 26.9 cm³/mol. The molecule has 1 rings (SSSR count). The molecular formula is C5H10NO. The standard InChI is InChI=1S/C5H10NO/c1-5(2)3-6-4-7-6/h4-5H,3H2,1-2H3. The molecule has 1 radical (unpaired) electrons. The first-order valence-corrected chi connectivity index (χ1v) is 2.56. The molecule has 0 aromatic rings. The van der Waals surface area contributed by atoms with E-state index >= 15 is 0 Å². The minimum absolute atomic E-state index is 0.707. The van der Waals surface area contributed by atoms with Crippen LogP contribution in [0.5, 0.6) is 0 Å². The number of hydrogen-bond donors (Lipinski definition) is 0. The summed E-state index contributed by atoms with van der Waals surface area (Å²) < 4.78 is 0. The van der Waals surface area contributed by atoms with E-state index in [0.29, 0.717) is 5.92 Å². The lowest BCUT2D eigenvalue weighted by atomic mass is 10.2. The normalized spacial score (nSPS) is 28.7. The second-order valence-electron chi connectivity index (χ2n) is 2.20. The summed E-state index contributed by atoms with van der Waals surface area (Å²) >= 11 is 0. The zero-order valence-corrected chi connectivity index (χ0v) is 4.72. The van der Waals surface area contributed by atoms with Gasteiger partial charge in [0, 0.05) is 6.54 Å². The van der Waals surface area contributed by atoms with Gasteiger partial charge in [-0.3, -0.25) is 4.84 Å². The van der Waals surface area contributed by atoms with E-state index in [1.807, 2.05) is 5.06 Å². The van der Waals surface area contributed by atoms with Gasteiger partial charge in [0.05, 0.1) is 0 Å². The van der Waals surface area contributed by atoms with Crippen LogP contribution in [0, 0.1) is 12.6 Å². The van der Waals surface area contributed by atoms with Crippen LogP contribution in [-0.2, 0) is 4.84 Å². The molecule has 1 aliphatic rings. The van der Waals surface area contributed by atoms with Crippen molar-refractivity contribution in [3.8, 4) is 0 Å². The summed E-state index contributed by atoms with van der Waals surface area (Å²) in [6.45, 7) is 7.07. The van der Waals surface area contributed by atoms with Gasteiger partial charge in [-0.25, -0.2) is 0 Å². The first-order chi connectivity index (χ1) is 3.29. The topological polar surface area (TPSA) is 15.5 Å². The van der Waals surface area contributed by atoms with Crippen LogP contribution in [0.1, 0.15) is 13.8 Å². The third-order valence-electron chi connectivity index (χ3n) is 0.800. The molecule has 0 aromatic carbocycles. The van der Waals surface area contributed by atoms with Crippen molar-refractivity contribution < 1.29 is 4.84 Å². The maximum atomic E-state index is 4.73. The lowest BCUT2D eigenvalue weighted by molar-refractivity contribution is 0.184. The first-order valence-electron chi connectivity index (χ1n) is 2.56. The fourth-order valence-corrected chi connectivity index (χ4v) is 0.479. The van der Waals surface area contributed by atoms with E-state index in [9.17, 15) is 0 Å². The minimum Gasteiger partial charge on any atom is -0.271 e. The van der Waals surface area contributed by atoms with Crippen LogP contribution in [-0.4, -0.2) is 11.6 Å². The largest absolute Gasteiger partial charge is 0.271 e. The highest BCUT2D eigenvalue weighted by Gasteiger charge is 2.20. The molecule has 1 saturated heterocycles. The summed E-state index contributed by atoms with van der Waals surface area (Å²) in [6.07, 6.45) is 0. The molecule has 0 amide bonds. The third kappa shape index (κ3) is 1.90. The van der Waals surface area contributed by atoms with Gasteiger partial charge in [0.15, 0.2) is 6.73 Å². The molecular weight excluding hydrogens is 90.1 g/mol. The van der Waals surface area contributed by atoms with E-state index in [0.717, 1.165) is 6.54 Å². The SMILES string of the molecule is CC(C)CN1[CH]O1. The summed E-state index contributed by atoms with van der Waals surface area (Å²) in [7, 11) is 0. The highest BCUT2D eigenvalue weighted by Crippen LogP contribution is 2.14. The van der Waals surface area contributed by atoms with Crippen LogP contribution in [0.3, 0.4) is 0 Å². The van der Waals surface area contributed by atoms with Crippen molar-refractivity contribution in [1.82, 2.24) is 5.06 Å². The smallest absolute Gasteiger partial charge is 0.197 e. The summed E-state index contributed by atoms with van der Waals surface area (Å²) in [5, 5.41) is 1.82. The van der Waals surface area contributed by atoms with E-state index in [1.54, 1.807) is 6.73 Å². The van der Waals surface area contributed by atoms with Gasteiger partial charge in [-0.2, -0.15) is 5.06 Å². The van der Waals surface area contributed by atoms with Crippen LogP contribution < -0.4 is 0 Å². The quantitative estimate of drug-likeness (QED) is 0.481. The van der Waals surface area contributed by atoms with Crippen molar-refractivity contribution in [2.75, 3.05) is 6.54 Å². The Morgan fingerprint density at radius 1 is 1.71 bits per heavy atom. The molecule has 1 atom stereocenters. The van der Waals surface area contributed by atoms with Gasteiger partial charge < -0.3 is 0 Å². The molecule has 0 N–H and O–H groups in total. The Morgan fingerprint density at radius 3 is 2.43 bits per heavy atom. The molecule has 0 bridgehead atoms. The molecule has 0 saturated carbocycles. The number of nitrogens with zero attached hydrogens (tertiary/aromatic N) is 1. The van der Waals surface area contributed by atoms with E-state index in [2.05, 4.69) is 13.8 Å². The average Bonchev–Trinajstić information content (AvgIpc) is 2.17. The summed E-state index contributed by atoms with van der Waals surface area (Å²) in [5.41, 5.74) is 0. The molecule has 41 valence electrons. The zero-order chi connectivity index (χ0) is 5.28. The van der Waals surface area contributed by atoms with Crippen LogP contribution in [0.25, 0.3) is 0 Å². The molecule has 1 unspecified atom stereocenters. The highest BCUT2D eigenvalue weighted by atomic mass is 16.8. The van der Waals surface area contributed by atoms with E-state index in [4.69, 9.17) is 4.84 Å². The molecule has 2 nitrogen and oxygen atoms in total. The summed E-state index contributed by atoms with van der Waals surface area (Å²) in [6, 6.07) is 0. The van der Waals surface area contributed by atoms with Crippen molar-refractivity contribution in [2.45, 2.75) is 13.8 Å².